The van der Waals surface area contributed by atoms with Crippen molar-refractivity contribution in [1.29, 1.82) is 0 Å². The second-order valence-electron chi connectivity index (χ2n) is 7.47. The molecule has 1 unspecified atom stereocenters. The summed E-state index contributed by atoms with van der Waals surface area (Å²) < 4.78 is 0. The molecule has 0 radical (unpaired) electrons. The Bertz CT molecular complexity index is 1290. The van der Waals surface area contributed by atoms with Crippen LogP contribution in [0.3, 0.4) is 0 Å². The molecule has 154 valence electrons. The van der Waals surface area contributed by atoms with Crippen LogP contribution in [0.2, 0.25) is 5.02 Å². The fourth-order valence-electron chi connectivity index (χ4n) is 3.77. The van der Waals surface area contributed by atoms with E-state index in [4.69, 9.17) is 11.6 Å². The molecule has 1 N–H and O–H groups in total. The maximum Gasteiger partial charge on any atom is 0.231 e. The Balaban J connectivity index is 1.28. The van der Waals surface area contributed by atoms with Crippen LogP contribution in [-0.2, 0) is 9.59 Å². The molecule has 0 spiro atoms. The summed E-state index contributed by atoms with van der Waals surface area (Å²) in [5.74, 6) is -0.682. The molecule has 0 bridgehead atoms. The molecule has 1 aliphatic rings. The van der Waals surface area contributed by atoms with Gasteiger partial charge in [-0.2, -0.15) is 0 Å². The highest BCUT2D eigenvalue weighted by molar-refractivity contribution is 7.14. The molecule has 0 aliphatic carbocycles. The van der Waals surface area contributed by atoms with Crippen molar-refractivity contribution >= 4 is 56.3 Å². The van der Waals surface area contributed by atoms with Gasteiger partial charge >= 0.3 is 0 Å². The molecule has 2 heterocycles. The molecular formula is C24H18ClN3O2S. The van der Waals surface area contributed by atoms with Gasteiger partial charge in [-0.05, 0) is 41.1 Å². The van der Waals surface area contributed by atoms with E-state index >= 15 is 0 Å². The molecule has 31 heavy (non-hydrogen) atoms. The Labute approximate surface area is 188 Å². The molecule has 5 rings (SSSR count). The summed E-state index contributed by atoms with van der Waals surface area (Å²) in [4.78, 5) is 31.4. The average Bonchev–Trinajstić information content (AvgIpc) is 3.41. The van der Waals surface area contributed by atoms with E-state index in [9.17, 15) is 9.59 Å². The summed E-state index contributed by atoms with van der Waals surface area (Å²) in [6.45, 7) is 0.342. The number of carbonyl (C=O) groups excluding carboxylic acids is 2. The summed E-state index contributed by atoms with van der Waals surface area (Å²) in [5, 5.41) is 8.27. The van der Waals surface area contributed by atoms with E-state index in [0.29, 0.717) is 16.7 Å². The molecule has 2 amide bonds. The Kier molecular flexibility index (Phi) is 5.18. The number of halogens is 1. The molecule has 4 aromatic rings. The van der Waals surface area contributed by atoms with Crippen LogP contribution >= 0.6 is 22.9 Å². The number of aromatic nitrogens is 1. The number of hydrogen-bond donors (Lipinski definition) is 1. The predicted molar refractivity (Wildman–Crippen MR) is 126 cm³/mol. The van der Waals surface area contributed by atoms with E-state index in [-0.39, 0.29) is 18.2 Å². The number of carbonyl (C=O) groups is 2. The van der Waals surface area contributed by atoms with Crippen LogP contribution in [0.25, 0.3) is 22.0 Å². The van der Waals surface area contributed by atoms with Gasteiger partial charge in [0.05, 0.1) is 11.6 Å². The highest BCUT2D eigenvalue weighted by Crippen LogP contribution is 2.30. The second kappa shape index (κ2) is 8.13. The van der Waals surface area contributed by atoms with Crippen LogP contribution in [0, 0.1) is 5.92 Å². The summed E-state index contributed by atoms with van der Waals surface area (Å²) in [5.41, 5.74) is 2.56. The van der Waals surface area contributed by atoms with Crippen molar-refractivity contribution in [3.8, 4) is 11.3 Å². The normalized spacial score (nSPS) is 16.1. The number of amides is 2. The van der Waals surface area contributed by atoms with Crippen LogP contribution < -0.4 is 10.2 Å². The van der Waals surface area contributed by atoms with Crippen molar-refractivity contribution in [3.63, 3.8) is 0 Å². The smallest absolute Gasteiger partial charge is 0.231 e. The minimum atomic E-state index is -0.420. The molecule has 1 aliphatic heterocycles. The zero-order valence-electron chi connectivity index (χ0n) is 16.4. The highest BCUT2D eigenvalue weighted by atomic mass is 35.5. The first-order valence-electron chi connectivity index (χ1n) is 9.88. The molecule has 1 saturated heterocycles. The van der Waals surface area contributed by atoms with E-state index in [1.165, 1.54) is 16.7 Å². The van der Waals surface area contributed by atoms with Gasteiger partial charge in [0.15, 0.2) is 5.13 Å². The molecular weight excluding hydrogens is 430 g/mol. The van der Waals surface area contributed by atoms with Gasteiger partial charge in [-0.1, -0.05) is 48.0 Å². The van der Waals surface area contributed by atoms with Crippen LogP contribution in [0.15, 0.2) is 72.1 Å². The summed E-state index contributed by atoms with van der Waals surface area (Å²) in [6.07, 6.45) is 0.178. The standard InChI is InChI=1S/C24H18ClN3O2S/c25-19-7-9-20(10-8-19)28-13-18(12-22(28)29)23(30)27-24-26-21(14-31-24)17-6-5-15-3-1-2-4-16(15)11-17/h1-11,14,18H,12-13H2,(H,26,27,30). The van der Waals surface area contributed by atoms with Crippen molar-refractivity contribution in [2.24, 2.45) is 5.92 Å². The van der Waals surface area contributed by atoms with Crippen LogP contribution in [0.4, 0.5) is 10.8 Å². The van der Waals surface area contributed by atoms with Crippen LogP contribution in [-0.4, -0.2) is 23.3 Å². The quantitative estimate of drug-likeness (QED) is 0.442. The van der Waals surface area contributed by atoms with Crippen molar-refractivity contribution < 1.29 is 9.59 Å². The number of benzene rings is 3. The van der Waals surface area contributed by atoms with Crippen molar-refractivity contribution in [2.45, 2.75) is 6.42 Å². The van der Waals surface area contributed by atoms with Crippen molar-refractivity contribution in [1.82, 2.24) is 4.98 Å². The maximum absolute atomic E-state index is 12.8. The monoisotopic (exact) mass is 447 g/mol. The second-order valence-corrected chi connectivity index (χ2v) is 8.77. The third-order valence-electron chi connectivity index (χ3n) is 5.41. The fourth-order valence-corrected chi connectivity index (χ4v) is 4.62. The van der Waals surface area contributed by atoms with Gasteiger partial charge in [-0.15, -0.1) is 11.3 Å². The zero-order valence-corrected chi connectivity index (χ0v) is 18.0. The number of thiazole rings is 1. The number of nitrogens with zero attached hydrogens (tertiary/aromatic N) is 2. The lowest BCUT2D eigenvalue weighted by Crippen LogP contribution is -2.28. The topological polar surface area (TPSA) is 62.3 Å². The molecule has 7 heteroatoms. The lowest BCUT2D eigenvalue weighted by Gasteiger charge is -2.16. The van der Waals surface area contributed by atoms with Gasteiger partial charge in [0, 0.05) is 34.6 Å². The average molecular weight is 448 g/mol. The number of hydrogen-bond acceptors (Lipinski definition) is 4. The Morgan fingerprint density at radius 3 is 2.65 bits per heavy atom. The van der Waals surface area contributed by atoms with Gasteiger partial charge in [0.2, 0.25) is 11.8 Å². The van der Waals surface area contributed by atoms with Crippen molar-refractivity contribution in [3.05, 3.63) is 77.1 Å². The molecule has 3 aromatic carbocycles. The molecule has 1 aromatic heterocycles. The van der Waals surface area contributed by atoms with E-state index in [1.54, 1.807) is 29.2 Å². The van der Waals surface area contributed by atoms with Crippen molar-refractivity contribution in [2.75, 3.05) is 16.8 Å². The molecule has 5 nitrogen and oxygen atoms in total. The summed E-state index contributed by atoms with van der Waals surface area (Å²) in [6, 6.07) is 21.4. The number of anilines is 2. The number of nitrogens with one attached hydrogen (secondary N) is 1. The predicted octanol–water partition coefficient (Wildman–Crippen LogP) is 5.61. The molecule has 0 saturated carbocycles. The third-order valence-corrected chi connectivity index (χ3v) is 6.42. The van der Waals surface area contributed by atoms with E-state index in [0.717, 1.165) is 22.3 Å². The first kappa shape index (κ1) is 19.7. The first-order chi connectivity index (χ1) is 15.1. The lowest BCUT2D eigenvalue weighted by atomic mass is 10.1. The minimum absolute atomic E-state index is 0.0709. The first-order valence-corrected chi connectivity index (χ1v) is 11.1. The summed E-state index contributed by atoms with van der Waals surface area (Å²) >= 11 is 7.31. The van der Waals surface area contributed by atoms with Gasteiger partial charge in [0.25, 0.3) is 0 Å². The molecule has 1 atom stereocenters. The zero-order chi connectivity index (χ0) is 21.4. The highest BCUT2D eigenvalue weighted by Gasteiger charge is 2.35. The van der Waals surface area contributed by atoms with E-state index < -0.39 is 5.92 Å². The lowest BCUT2D eigenvalue weighted by molar-refractivity contribution is -0.122. The van der Waals surface area contributed by atoms with Gasteiger partial charge in [-0.3, -0.25) is 9.59 Å². The van der Waals surface area contributed by atoms with Gasteiger partial charge in [-0.25, -0.2) is 4.98 Å². The van der Waals surface area contributed by atoms with E-state index in [2.05, 4.69) is 34.6 Å². The fraction of sp³-hybridized carbons (Fsp3) is 0.125. The largest absolute Gasteiger partial charge is 0.312 e. The Hall–Kier alpha value is -3.22. The number of fused-ring (bicyclic) bond motifs is 1. The Morgan fingerprint density at radius 1 is 1.06 bits per heavy atom. The minimum Gasteiger partial charge on any atom is -0.312 e. The SMILES string of the molecule is O=C(Nc1nc(-c2ccc3ccccc3c2)cs1)C1CC(=O)N(c2ccc(Cl)cc2)C1. The maximum atomic E-state index is 12.8. The third kappa shape index (κ3) is 4.04. The van der Waals surface area contributed by atoms with Gasteiger partial charge < -0.3 is 10.2 Å². The summed E-state index contributed by atoms with van der Waals surface area (Å²) in [7, 11) is 0. The van der Waals surface area contributed by atoms with Crippen LogP contribution in [0.1, 0.15) is 6.42 Å². The number of rotatable bonds is 4. The molecule has 1 fully saturated rings. The van der Waals surface area contributed by atoms with Gasteiger partial charge in [0.1, 0.15) is 0 Å². The Morgan fingerprint density at radius 2 is 1.84 bits per heavy atom. The van der Waals surface area contributed by atoms with Crippen LogP contribution in [0.5, 0.6) is 0 Å². The van der Waals surface area contributed by atoms with E-state index in [1.807, 2.05) is 23.6 Å².